The molecule has 3 nitrogen and oxygen atoms in total. The molecule has 0 spiro atoms. The van der Waals surface area contributed by atoms with Gasteiger partial charge in [0.05, 0.1) is 12.1 Å². The second kappa shape index (κ2) is 6.19. The highest BCUT2D eigenvalue weighted by atomic mass is 35.5. The van der Waals surface area contributed by atoms with Gasteiger partial charge in [-0.25, -0.2) is 4.39 Å². The molecule has 0 aliphatic rings. The molecule has 0 amide bonds. The summed E-state index contributed by atoms with van der Waals surface area (Å²) in [6.07, 6.45) is 0.614. The van der Waals surface area contributed by atoms with E-state index in [1.165, 1.54) is 7.11 Å². The molecule has 0 saturated carbocycles. The molecule has 0 unspecified atom stereocenters. The van der Waals surface area contributed by atoms with Gasteiger partial charge in [0.25, 0.3) is 0 Å². The average molecular weight is 261 g/mol. The molecule has 0 radical (unpaired) electrons. The Labute approximate surface area is 106 Å². The van der Waals surface area contributed by atoms with Crippen molar-refractivity contribution in [2.45, 2.75) is 12.5 Å². The van der Waals surface area contributed by atoms with Gasteiger partial charge in [0.1, 0.15) is 0 Å². The van der Waals surface area contributed by atoms with E-state index in [-0.39, 0.29) is 16.8 Å². The molecule has 0 heterocycles. The van der Waals surface area contributed by atoms with E-state index in [4.69, 9.17) is 22.1 Å². The lowest BCUT2D eigenvalue weighted by Crippen LogP contribution is -2.36. The number of hydrogen-bond acceptors (Lipinski definition) is 3. The fourth-order valence-electron chi connectivity index (χ4n) is 1.62. The maximum atomic E-state index is 13.7. The van der Waals surface area contributed by atoms with Crippen molar-refractivity contribution in [3.05, 3.63) is 28.5 Å². The van der Waals surface area contributed by atoms with E-state index < -0.39 is 5.82 Å². The summed E-state index contributed by atoms with van der Waals surface area (Å²) >= 11 is 5.97. The van der Waals surface area contributed by atoms with Gasteiger partial charge >= 0.3 is 0 Å². The normalized spacial score (nSPS) is 12.9. The molecular weight excluding hydrogens is 243 g/mol. The largest absolute Gasteiger partial charge is 0.494 e. The summed E-state index contributed by atoms with van der Waals surface area (Å²) in [6.45, 7) is 0.497. The third-order valence-corrected chi connectivity index (χ3v) is 3.21. The minimum Gasteiger partial charge on any atom is -0.494 e. The highest BCUT2D eigenvalue weighted by Crippen LogP contribution is 2.29. The van der Waals surface area contributed by atoms with Crippen LogP contribution < -0.4 is 10.5 Å². The predicted octanol–water partition coefficient (Wildman–Crippen LogP) is 1.92. The fourth-order valence-corrected chi connectivity index (χ4v) is 1.85. The lowest BCUT2D eigenvalue weighted by Gasteiger charge is -2.23. The van der Waals surface area contributed by atoms with Crippen molar-refractivity contribution in [1.29, 1.82) is 0 Å². The average Bonchev–Trinajstić information content (AvgIpc) is 2.30. The van der Waals surface area contributed by atoms with E-state index >= 15 is 0 Å². The van der Waals surface area contributed by atoms with Crippen LogP contribution in [-0.4, -0.2) is 38.7 Å². The van der Waals surface area contributed by atoms with E-state index in [2.05, 4.69) is 0 Å². The van der Waals surface area contributed by atoms with E-state index in [9.17, 15) is 4.39 Å². The topological polar surface area (TPSA) is 38.5 Å². The van der Waals surface area contributed by atoms with Crippen LogP contribution in [0.1, 0.15) is 5.56 Å². The third kappa shape index (κ3) is 3.31. The molecule has 0 fully saturated rings. The molecule has 0 saturated heterocycles. The molecule has 0 aromatic heterocycles. The molecule has 96 valence electrons. The number of rotatable bonds is 5. The van der Waals surface area contributed by atoms with Crippen molar-refractivity contribution in [3.63, 3.8) is 0 Å². The first-order valence-electron chi connectivity index (χ1n) is 5.38. The standard InChI is InChI=1S/C12H18ClFN2O/c1-16(2)9(7-15)6-8-4-5-10(17-3)12(14)11(8)13/h4-5,9H,6-7,15H2,1-3H3/t9-/m0/s1. The number of hydrogen-bond donors (Lipinski definition) is 1. The number of halogens is 2. The summed E-state index contributed by atoms with van der Waals surface area (Å²) in [5.41, 5.74) is 6.41. The van der Waals surface area contributed by atoms with Gasteiger partial charge in [0, 0.05) is 12.6 Å². The minimum atomic E-state index is -0.513. The van der Waals surface area contributed by atoms with E-state index in [0.29, 0.717) is 13.0 Å². The number of ether oxygens (including phenoxy) is 1. The van der Waals surface area contributed by atoms with Gasteiger partial charge < -0.3 is 15.4 Å². The first-order valence-corrected chi connectivity index (χ1v) is 5.76. The Morgan fingerprint density at radius 1 is 1.47 bits per heavy atom. The van der Waals surface area contributed by atoms with E-state index in [1.54, 1.807) is 12.1 Å². The maximum Gasteiger partial charge on any atom is 0.183 e. The summed E-state index contributed by atoms with van der Waals surface area (Å²) in [4.78, 5) is 2.00. The molecule has 0 aliphatic carbocycles. The van der Waals surface area contributed by atoms with Crippen LogP contribution in [-0.2, 0) is 6.42 Å². The number of methoxy groups -OCH3 is 1. The Kier molecular flexibility index (Phi) is 5.18. The number of likely N-dealkylation sites (N-methyl/N-ethyl adjacent to an activating group) is 1. The van der Waals surface area contributed by atoms with Crippen molar-refractivity contribution in [1.82, 2.24) is 4.90 Å². The van der Waals surface area contributed by atoms with Crippen molar-refractivity contribution in [3.8, 4) is 5.75 Å². The molecule has 2 N–H and O–H groups in total. The smallest absolute Gasteiger partial charge is 0.183 e. The molecule has 0 aliphatic heterocycles. The zero-order valence-electron chi connectivity index (χ0n) is 10.3. The van der Waals surface area contributed by atoms with Crippen LogP contribution in [0.5, 0.6) is 5.75 Å². The highest BCUT2D eigenvalue weighted by Gasteiger charge is 2.16. The number of nitrogens with zero attached hydrogens (tertiary/aromatic N) is 1. The van der Waals surface area contributed by atoms with Gasteiger partial charge in [-0.15, -0.1) is 0 Å². The molecule has 1 atom stereocenters. The second-order valence-corrected chi connectivity index (χ2v) is 4.49. The molecule has 1 aromatic carbocycles. The van der Waals surface area contributed by atoms with Crippen molar-refractivity contribution in [2.24, 2.45) is 5.73 Å². The summed E-state index contributed by atoms with van der Waals surface area (Å²) in [5.74, 6) is -0.353. The van der Waals surface area contributed by atoms with Gasteiger partial charge in [-0.05, 0) is 32.1 Å². The Hall–Kier alpha value is -0.840. The molecule has 0 bridgehead atoms. The SMILES string of the molecule is COc1ccc(C[C@@H](CN)N(C)C)c(Cl)c1F. The Balaban J connectivity index is 2.96. The van der Waals surface area contributed by atoms with Crippen LogP contribution in [0.3, 0.4) is 0 Å². The number of benzene rings is 1. The summed E-state index contributed by atoms with van der Waals surface area (Å²) in [5, 5.41) is 0.115. The second-order valence-electron chi connectivity index (χ2n) is 4.11. The Bertz CT molecular complexity index is 385. The van der Waals surface area contributed by atoms with Crippen LogP contribution >= 0.6 is 11.6 Å². The Morgan fingerprint density at radius 2 is 2.12 bits per heavy atom. The van der Waals surface area contributed by atoms with Crippen LogP contribution in [0.25, 0.3) is 0 Å². The fraction of sp³-hybridized carbons (Fsp3) is 0.500. The maximum absolute atomic E-state index is 13.7. The quantitative estimate of drug-likeness (QED) is 0.879. The molecule has 1 rings (SSSR count). The number of nitrogens with two attached hydrogens (primary N) is 1. The Morgan fingerprint density at radius 3 is 2.59 bits per heavy atom. The van der Waals surface area contributed by atoms with Gasteiger partial charge in [0.2, 0.25) is 0 Å². The van der Waals surface area contributed by atoms with Gasteiger partial charge in [-0.3, -0.25) is 0 Å². The first kappa shape index (κ1) is 14.2. The van der Waals surface area contributed by atoms with Crippen LogP contribution in [0.4, 0.5) is 4.39 Å². The lowest BCUT2D eigenvalue weighted by atomic mass is 10.0. The van der Waals surface area contributed by atoms with E-state index in [0.717, 1.165) is 5.56 Å². The molecular formula is C12H18ClFN2O. The zero-order chi connectivity index (χ0) is 13.0. The van der Waals surface area contributed by atoms with E-state index in [1.807, 2.05) is 19.0 Å². The van der Waals surface area contributed by atoms with Crippen LogP contribution in [0.2, 0.25) is 5.02 Å². The van der Waals surface area contributed by atoms with Crippen molar-refractivity contribution in [2.75, 3.05) is 27.7 Å². The monoisotopic (exact) mass is 260 g/mol. The highest BCUT2D eigenvalue weighted by molar-refractivity contribution is 6.31. The zero-order valence-corrected chi connectivity index (χ0v) is 11.1. The van der Waals surface area contributed by atoms with Crippen molar-refractivity contribution >= 4 is 11.6 Å². The molecule has 5 heteroatoms. The third-order valence-electron chi connectivity index (χ3n) is 2.80. The molecule has 17 heavy (non-hydrogen) atoms. The summed E-state index contributed by atoms with van der Waals surface area (Å²) in [6, 6.07) is 3.50. The van der Waals surface area contributed by atoms with Crippen LogP contribution in [0.15, 0.2) is 12.1 Å². The predicted molar refractivity (Wildman–Crippen MR) is 68.2 cm³/mol. The van der Waals surface area contributed by atoms with Crippen LogP contribution in [0, 0.1) is 5.82 Å². The summed E-state index contributed by atoms with van der Waals surface area (Å²) < 4.78 is 18.6. The first-order chi connectivity index (χ1) is 8.01. The van der Waals surface area contributed by atoms with Crippen molar-refractivity contribution < 1.29 is 9.13 Å². The molecule has 1 aromatic rings. The lowest BCUT2D eigenvalue weighted by molar-refractivity contribution is 0.297. The van der Waals surface area contributed by atoms with Gasteiger partial charge in [-0.2, -0.15) is 0 Å². The van der Waals surface area contributed by atoms with Gasteiger partial charge in [-0.1, -0.05) is 17.7 Å². The van der Waals surface area contributed by atoms with Gasteiger partial charge in [0.15, 0.2) is 11.6 Å². The summed E-state index contributed by atoms with van der Waals surface area (Å²) in [7, 11) is 5.29. The minimum absolute atomic E-state index is 0.115.